The van der Waals surface area contributed by atoms with Crippen LogP contribution >= 0.6 is 0 Å². The van der Waals surface area contributed by atoms with Crippen LogP contribution in [-0.2, 0) is 6.54 Å². The summed E-state index contributed by atoms with van der Waals surface area (Å²) >= 11 is 0. The van der Waals surface area contributed by atoms with E-state index in [2.05, 4.69) is 25.5 Å². The molecule has 2 aromatic rings. The van der Waals surface area contributed by atoms with Gasteiger partial charge in [-0.3, -0.25) is 14.7 Å². The number of nitrogens with one attached hydrogen (secondary N) is 1. The molecular weight excluding hydrogens is 352 g/mol. The van der Waals surface area contributed by atoms with Crippen molar-refractivity contribution in [3.8, 4) is 0 Å². The van der Waals surface area contributed by atoms with Gasteiger partial charge < -0.3 is 5.32 Å². The molecule has 7 heteroatoms. The summed E-state index contributed by atoms with van der Waals surface area (Å²) in [5.74, 6) is -0.130. The molecule has 7 nitrogen and oxygen atoms in total. The maximum absolute atomic E-state index is 12.7. The van der Waals surface area contributed by atoms with Crippen molar-refractivity contribution < 1.29 is 4.79 Å². The van der Waals surface area contributed by atoms with E-state index in [9.17, 15) is 4.79 Å². The number of aromatic nitrogens is 4. The number of pyridine rings is 1. The number of nitrogens with zero attached hydrogens (tertiary/aromatic N) is 5. The van der Waals surface area contributed by atoms with Crippen LogP contribution in [0.4, 0.5) is 0 Å². The fourth-order valence-electron chi connectivity index (χ4n) is 4.66. The van der Waals surface area contributed by atoms with Crippen LogP contribution in [0.2, 0.25) is 0 Å². The summed E-state index contributed by atoms with van der Waals surface area (Å²) in [4.78, 5) is 19.7. The Bertz CT molecular complexity index is 762. The average Bonchev–Trinajstić information content (AvgIpc) is 3.23. The van der Waals surface area contributed by atoms with Gasteiger partial charge in [0.1, 0.15) is 0 Å². The highest BCUT2D eigenvalue weighted by Gasteiger charge is 2.38. The highest BCUT2D eigenvalue weighted by atomic mass is 16.2. The van der Waals surface area contributed by atoms with Crippen molar-refractivity contribution in [1.29, 1.82) is 0 Å². The zero-order chi connectivity index (χ0) is 19.2. The van der Waals surface area contributed by atoms with E-state index in [0.29, 0.717) is 18.8 Å². The Kier molecular flexibility index (Phi) is 6.00. The molecule has 0 spiro atoms. The maximum atomic E-state index is 12.7. The first-order chi connectivity index (χ1) is 13.8. The van der Waals surface area contributed by atoms with Gasteiger partial charge in [0.05, 0.1) is 18.4 Å². The van der Waals surface area contributed by atoms with Crippen LogP contribution < -0.4 is 5.32 Å². The molecule has 150 valence electrons. The normalized spacial score (nSPS) is 20.0. The third kappa shape index (κ3) is 4.41. The first-order valence-corrected chi connectivity index (χ1v) is 10.6. The van der Waals surface area contributed by atoms with Gasteiger partial charge in [0.15, 0.2) is 5.69 Å². The third-order valence-electron chi connectivity index (χ3n) is 6.21. The largest absolute Gasteiger partial charge is 0.349 e. The highest BCUT2D eigenvalue weighted by Crippen LogP contribution is 2.35. The molecule has 4 rings (SSSR count). The van der Waals surface area contributed by atoms with Gasteiger partial charge in [-0.1, -0.05) is 37.0 Å². The Hall–Kier alpha value is -2.28. The number of carbonyl (C=O) groups is 1. The second-order valence-electron chi connectivity index (χ2n) is 8.14. The van der Waals surface area contributed by atoms with Gasteiger partial charge >= 0.3 is 0 Å². The second-order valence-corrected chi connectivity index (χ2v) is 8.14. The summed E-state index contributed by atoms with van der Waals surface area (Å²) in [6.07, 6.45) is 13.5. The maximum Gasteiger partial charge on any atom is 0.273 e. The highest BCUT2D eigenvalue weighted by molar-refractivity contribution is 5.91. The Morgan fingerprint density at radius 3 is 2.61 bits per heavy atom. The molecule has 0 radical (unpaired) electrons. The summed E-state index contributed by atoms with van der Waals surface area (Å²) in [6.45, 7) is 3.55. The molecule has 28 heavy (non-hydrogen) atoms. The molecule has 1 saturated heterocycles. The number of hydrogen-bond donors (Lipinski definition) is 1. The van der Waals surface area contributed by atoms with Crippen molar-refractivity contribution in [1.82, 2.24) is 30.2 Å². The Labute approximate surface area is 166 Å². The van der Waals surface area contributed by atoms with E-state index in [1.165, 1.54) is 51.4 Å². The lowest BCUT2D eigenvalue weighted by Gasteiger charge is -2.48. The lowest BCUT2D eigenvalue weighted by atomic mass is 9.79. The minimum Gasteiger partial charge on any atom is -0.349 e. The van der Waals surface area contributed by atoms with E-state index in [1.54, 1.807) is 17.1 Å². The number of piperidine rings is 1. The second kappa shape index (κ2) is 8.82. The van der Waals surface area contributed by atoms with E-state index >= 15 is 0 Å². The van der Waals surface area contributed by atoms with Gasteiger partial charge in [-0.25, -0.2) is 4.68 Å². The molecule has 2 aliphatic rings. The van der Waals surface area contributed by atoms with Crippen molar-refractivity contribution in [3.05, 3.63) is 42.0 Å². The first kappa shape index (κ1) is 19.1. The number of carbonyl (C=O) groups excluding carboxylic acids is 1. The van der Waals surface area contributed by atoms with E-state index in [0.717, 1.165) is 18.8 Å². The van der Waals surface area contributed by atoms with E-state index in [1.807, 2.05) is 18.2 Å². The average molecular weight is 383 g/mol. The molecule has 2 fully saturated rings. The number of rotatable bonds is 6. The predicted molar refractivity (Wildman–Crippen MR) is 107 cm³/mol. The van der Waals surface area contributed by atoms with Crippen molar-refractivity contribution in [2.24, 2.45) is 0 Å². The first-order valence-electron chi connectivity index (χ1n) is 10.6. The van der Waals surface area contributed by atoms with Crippen LogP contribution in [-0.4, -0.2) is 56.0 Å². The van der Waals surface area contributed by atoms with E-state index in [-0.39, 0.29) is 11.4 Å². The summed E-state index contributed by atoms with van der Waals surface area (Å²) in [5, 5.41) is 11.3. The molecule has 1 aliphatic heterocycles. The van der Waals surface area contributed by atoms with Crippen LogP contribution in [0.5, 0.6) is 0 Å². The van der Waals surface area contributed by atoms with Crippen LogP contribution in [0.1, 0.15) is 67.5 Å². The molecule has 3 heterocycles. The van der Waals surface area contributed by atoms with Crippen molar-refractivity contribution >= 4 is 5.91 Å². The van der Waals surface area contributed by atoms with Gasteiger partial charge in [-0.2, -0.15) is 0 Å². The SMILES string of the molecule is O=C(NCC1(N2CCCCC2)CCCCC1)c1cn(Cc2ccccn2)nn1. The summed E-state index contributed by atoms with van der Waals surface area (Å²) < 4.78 is 1.66. The Morgan fingerprint density at radius 1 is 1.07 bits per heavy atom. The Balaban J connectivity index is 1.38. The Morgan fingerprint density at radius 2 is 1.86 bits per heavy atom. The molecule has 0 atom stereocenters. The monoisotopic (exact) mass is 382 g/mol. The van der Waals surface area contributed by atoms with Gasteiger partial charge in [0.2, 0.25) is 0 Å². The van der Waals surface area contributed by atoms with Gasteiger partial charge in [-0.15, -0.1) is 5.10 Å². The van der Waals surface area contributed by atoms with E-state index < -0.39 is 0 Å². The number of hydrogen-bond acceptors (Lipinski definition) is 5. The molecular formula is C21H30N6O. The van der Waals surface area contributed by atoms with Crippen LogP contribution in [0.15, 0.2) is 30.6 Å². The minimum absolute atomic E-state index is 0.123. The lowest BCUT2D eigenvalue weighted by Crippen LogP contribution is -2.58. The lowest BCUT2D eigenvalue weighted by molar-refractivity contribution is 0.0326. The molecule has 0 aromatic carbocycles. The molecule has 2 aromatic heterocycles. The zero-order valence-electron chi connectivity index (χ0n) is 16.5. The third-order valence-corrected chi connectivity index (χ3v) is 6.21. The molecule has 1 aliphatic carbocycles. The molecule has 1 saturated carbocycles. The van der Waals surface area contributed by atoms with Crippen LogP contribution in [0, 0.1) is 0 Å². The number of amides is 1. The minimum atomic E-state index is -0.130. The van der Waals surface area contributed by atoms with Crippen LogP contribution in [0.25, 0.3) is 0 Å². The number of likely N-dealkylation sites (tertiary alicyclic amines) is 1. The molecule has 1 N–H and O–H groups in total. The van der Waals surface area contributed by atoms with Gasteiger partial charge in [0, 0.05) is 18.3 Å². The quantitative estimate of drug-likeness (QED) is 0.831. The van der Waals surface area contributed by atoms with Crippen molar-refractivity contribution in [2.75, 3.05) is 19.6 Å². The molecule has 0 bridgehead atoms. The topological polar surface area (TPSA) is 75.9 Å². The standard InChI is InChI=1S/C21H30N6O/c28-20(19-16-27(25-24-19)15-18-9-3-6-12-22-18)23-17-21(10-4-1-5-11-21)26-13-7-2-8-14-26/h3,6,9,12,16H,1-2,4-5,7-8,10-11,13-15,17H2,(H,23,28). The fourth-order valence-corrected chi connectivity index (χ4v) is 4.66. The molecule has 0 unspecified atom stereocenters. The van der Waals surface area contributed by atoms with Gasteiger partial charge in [0.25, 0.3) is 5.91 Å². The van der Waals surface area contributed by atoms with Crippen molar-refractivity contribution in [3.63, 3.8) is 0 Å². The van der Waals surface area contributed by atoms with Gasteiger partial charge in [-0.05, 0) is 50.9 Å². The van der Waals surface area contributed by atoms with E-state index in [4.69, 9.17) is 0 Å². The summed E-state index contributed by atoms with van der Waals surface area (Å²) in [5.41, 5.74) is 1.39. The summed E-state index contributed by atoms with van der Waals surface area (Å²) in [6, 6.07) is 5.76. The van der Waals surface area contributed by atoms with Crippen molar-refractivity contribution in [2.45, 2.75) is 63.5 Å². The zero-order valence-corrected chi connectivity index (χ0v) is 16.5. The molecule has 1 amide bonds. The summed E-state index contributed by atoms with van der Waals surface area (Å²) in [7, 11) is 0. The fraction of sp³-hybridized carbons (Fsp3) is 0.619. The smallest absolute Gasteiger partial charge is 0.273 e. The van der Waals surface area contributed by atoms with Crippen LogP contribution in [0.3, 0.4) is 0 Å². The predicted octanol–water partition coefficient (Wildman–Crippen LogP) is 2.64.